The highest BCUT2D eigenvalue weighted by Gasteiger charge is 2.13. The van der Waals surface area contributed by atoms with Crippen LogP contribution in [0.3, 0.4) is 0 Å². The standard InChI is InChI=1S/C12H10N4O4/c13-11-10(6-8(7-14-11)16(18)19)15-12(17)20-9-4-2-1-3-5-9/h1-7H,(H2,13,14)(H,15,17). The molecular weight excluding hydrogens is 264 g/mol. The van der Waals surface area contributed by atoms with E-state index in [0.29, 0.717) is 5.75 Å². The number of pyridine rings is 1. The van der Waals surface area contributed by atoms with Crippen molar-refractivity contribution in [3.05, 3.63) is 52.7 Å². The molecule has 0 aliphatic heterocycles. The third-order valence-corrected chi connectivity index (χ3v) is 2.31. The molecule has 8 nitrogen and oxygen atoms in total. The fourth-order valence-electron chi connectivity index (χ4n) is 1.40. The van der Waals surface area contributed by atoms with Crippen molar-refractivity contribution in [2.24, 2.45) is 0 Å². The lowest BCUT2D eigenvalue weighted by molar-refractivity contribution is -0.385. The third-order valence-electron chi connectivity index (χ3n) is 2.31. The van der Waals surface area contributed by atoms with Gasteiger partial charge in [-0.05, 0) is 12.1 Å². The lowest BCUT2D eigenvalue weighted by Crippen LogP contribution is -2.18. The number of carbonyl (C=O) groups excluding carboxylic acids is 1. The molecule has 0 aliphatic rings. The van der Waals surface area contributed by atoms with Crippen LogP contribution in [0.1, 0.15) is 0 Å². The molecule has 0 radical (unpaired) electrons. The van der Waals surface area contributed by atoms with E-state index in [1.807, 2.05) is 0 Å². The Morgan fingerprint density at radius 2 is 2.05 bits per heavy atom. The molecule has 8 heteroatoms. The predicted octanol–water partition coefficient (Wildman–Crippen LogP) is 2.18. The Morgan fingerprint density at radius 1 is 1.35 bits per heavy atom. The number of hydrogen-bond donors (Lipinski definition) is 2. The number of aromatic nitrogens is 1. The molecule has 0 spiro atoms. The van der Waals surface area contributed by atoms with Gasteiger partial charge in [0, 0.05) is 6.07 Å². The summed E-state index contributed by atoms with van der Waals surface area (Å²) in [6, 6.07) is 9.46. The van der Waals surface area contributed by atoms with Crippen LogP contribution < -0.4 is 15.8 Å². The summed E-state index contributed by atoms with van der Waals surface area (Å²) in [6.07, 6.45) is 0.188. The van der Waals surface area contributed by atoms with Gasteiger partial charge in [0.2, 0.25) is 0 Å². The summed E-state index contributed by atoms with van der Waals surface area (Å²) >= 11 is 0. The number of amides is 1. The van der Waals surface area contributed by atoms with Gasteiger partial charge in [0.25, 0.3) is 5.69 Å². The highest BCUT2D eigenvalue weighted by Crippen LogP contribution is 2.22. The van der Waals surface area contributed by atoms with Gasteiger partial charge in [0.15, 0.2) is 0 Å². The second kappa shape index (κ2) is 5.65. The molecule has 20 heavy (non-hydrogen) atoms. The van der Waals surface area contributed by atoms with Crippen LogP contribution in [0.25, 0.3) is 0 Å². The maximum Gasteiger partial charge on any atom is 0.417 e. The molecule has 0 unspecified atom stereocenters. The number of ether oxygens (including phenoxy) is 1. The number of para-hydroxylation sites is 1. The first-order chi connectivity index (χ1) is 9.56. The monoisotopic (exact) mass is 274 g/mol. The third kappa shape index (κ3) is 3.19. The molecule has 0 saturated heterocycles. The molecule has 2 aromatic rings. The summed E-state index contributed by atoms with van der Waals surface area (Å²) in [5, 5.41) is 12.9. The first kappa shape index (κ1) is 13.3. The number of nitrogen functional groups attached to an aromatic ring is 1. The first-order valence-electron chi connectivity index (χ1n) is 5.50. The van der Waals surface area contributed by atoms with Crippen LogP contribution in [-0.2, 0) is 0 Å². The average molecular weight is 274 g/mol. The smallest absolute Gasteiger partial charge is 0.410 e. The number of nitro groups is 1. The van der Waals surface area contributed by atoms with E-state index in [-0.39, 0.29) is 17.2 Å². The van der Waals surface area contributed by atoms with Crippen LogP contribution in [0.2, 0.25) is 0 Å². The number of hydrogen-bond acceptors (Lipinski definition) is 6. The van der Waals surface area contributed by atoms with Crippen molar-refractivity contribution in [2.45, 2.75) is 0 Å². The van der Waals surface area contributed by atoms with Crippen LogP contribution in [0, 0.1) is 10.1 Å². The summed E-state index contributed by atoms with van der Waals surface area (Å²) in [5.41, 5.74) is 5.26. The summed E-state index contributed by atoms with van der Waals surface area (Å²) < 4.78 is 4.97. The van der Waals surface area contributed by atoms with Gasteiger partial charge in [-0.25, -0.2) is 9.78 Å². The van der Waals surface area contributed by atoms with E-state index in [4.69, 9.17) is 10.5 Å². The number of nitrogens with zero attached hydrogens (tertiary/aromatic N) is 2. The van der Waals surface area contributed by atoms with E-state index >= 15 is 0 Å². The van der Waals surface area contributed by atoms with Gasteiger partial charge in [-0.3, -0.25) is 15.4 Å². The fourth-order valence-corrected chi connectivity index (χ4v) is 1.40. The molecule has 0 saturated carbocycles. The first-order valence-corrected chi connectivity index (χ1v) is 5.50. The van der Waals surface area contributed by atoms with Crippen LogP contribution >= 0.6 is 0 Å². The minimum atomic E-state index is -0.815. The van der Waals surface area contributed by atoms with Gasteiger partial charge in [-0.2, -0.15) is 0 Å². The Balaban J connectivity index is 2.11. The van der Waals surface area contributed by atoms with E-state index in [1.54, 1.807) is 30.3 Å². The predicted molar refractivity (Wildman–Crippen MR) is 71.4 cm³/mol. The molecule has 0 atom stereocenters. The zero-order valence-electron chi connectivity index (χ0n) is 10.1. The van der Waals surface area contributed by atoms with Gasteiger partial charge in [-0.1, -0.05) is 18.2 Å². The van der Waals surface area contributed by atoms with Crippen LogP contribution in [0.5, 0.6) is 5.75 Å². The molecule has 1 heterocycles. The molecule has 1 aromatic carbocycles. The zero-order valence-corrected chi connectivity index (χ0v) is 10.1. The van der Waals surface area contributed by atoms with Gasteiger partial charge in [0.1, 0.15) is 17.8 Å². The second-order valence-electron chi connectivity index (χ2n) is 3.71. The van der Waals surface area contributed by atoms with Crippen molar-refractivity contribution >= 4 is 23.3 Å². The van der Waals surface area contributed by atoms with Gasteiger partial charge >= 0.3 is 6.09 Å². The number of nitrogens with two attached hydrogens (primary N) is 1. The van der Waals surface area contributed by atoms with E-state index in [1.165, 1.54) is 0 Å². The van der Waals surface area contributed by atoms with Crippen molar-refractivity contribution < 1.29 is 14.5 Å². The molecule has 102 valence electrons. The Bertz CT molecular complexity index is 645. The molecular formula is C12H10N4O4. The Labute approximate surface area is 113 Å². The zero-order chi connectivity index (χ0) is 14.5. The normalized spacial score (nSPS) is 9.80. The number of rotatable bonds is 3. The van der Waals surface area contributed by atoms with Gasteiger partial charge in [-0.15, -0.1) is 0 Å². The SMILES string of the molecule is Nc1ncc([N+](=O)[O-])cc1NC(=O)Oc1ccccc1. The molecule has 0 fully saturated rings. The molecule has 1 amide bonds. The van der Waals surface area contributed by atoms with Crippen LogP contribution in [0.4, 0.5) is 22.0 Å². The minimum Gasteiger partial charge on any atom is -0.410 e. The highest BCUT2D eigenvalue weighted by molar-refractivity contribution is 5.89. The van der Waals surface area contributed by atoms with E-state index in [2.05, 4.69) is 10.3 Å². The van der Waals surface area contributed by atoms with Crippen molar-refractivity contribution in [3.63, 3.8) is 0 Å². The summed E-state index contributed by atoms with van der Waals surface area (Å²) in [7, 11) is 0. The topological polar surface area (TPSA) is 120 Å². The van der Waals surface area contributed by atoms with Crippen molar-refractivity contribution in [3.8, 4) is 5.75 Å². The number of carbonyl (C=O) groups is 1. The summed E-state index contributed by atoms with van der Waals surface area (Å²) in [4.78, 5) is 25.2. The molecule has 0 bridgehead atoms. The Hall–Kier alpha value is -3.16. The number of nitrogens with one attached hydrogen (secondary N) is 1. The lowest BCUT2D eigenvalue weighted by atomic mass is 10.3. The number of benzene rings is 1. The van der Waals surface area contributed by atoms with Gasteiger partial charge < -0.3 is 10.5 Å². The Kier molecular flexibility index (Phi) is 3.75. The molecule has 1 aromatic heterocycles. The quantitative estimate of drug-likeness (QED) is 0.653. The summed E-state index contributed by atoms with van der Waals surface area (Å²) in [6.45, 7) is 0. The van der Waals surface area contributed by atoms with Crippen molar-refractivity contribution in [1.29, 1.82) is 0 Å². The van der Waals surface area contributed by atoms with E-state index < -0.39 is 11.0 Å². The summed E-state index contributed by atoms with van der Waals surface area (Å²) in [5.74, 6) is 0.294. The van der Waals surface area contributed by atoms with Crippen molar-refractivity contribution in [2.75, 3.05) is 11.1 Å². The second-order valence-corrected chi connectivity index (χ2v) is 3.71. The van der Waals surface area contributed by atoms with Crippen LogP contribution in [-0.4, -0.2) is 16.0 Å². The maximum absolute atomic E-state index is 11.6. The number of anilines is 2. The minimum absolute atomic E-state index is 0.0140. The fraction of sp³-hybridized carbons (Fsp3) is 0. The lowest BCUT2D eigenvalue weighted by Gasteiger charge is -2.07. The van der Waals surface area contributed by atoms with Crippen molar-refractivity contribution in [1.82, 2.24) is 4.98 Å². The molecule has 2 rings (SSSR count). The Morgan fingerprint density at radius 3 is 2.70 bits per heavy atom. The van der Waals surface area contributed by atoms with Crippen LogP contribution in [0.15, 0.2) is 42.6 Å². The van der Waals surface area contributed by atoms with E-state index in [0.717, 1.165) is 12.3 Å². The van der Waals surface area contributed by atoms with E-state index in [9.17, 15) is 14.9 Å². The average Bonchev–Trinajstić information content (AvgIpc) is 2.42. The molecule has 3 N–H and O–H groups in total. The maximum atomic E-state index is 11.6. The van der Waals surface area contributed by atoms with Gasteiger partial charge in [0.05, 0.1) is 10.6 Å². The molecule has 0 aliphatic carbocycles. The largest absolute Gasteiger partial charge is 0.417 e. The highest BCUT2D eigenvalue weighted by atomic mass is 16.6.